The molecule has 4 rings (SSSR count). The quantitative estimate of drug-likeness (QED) is 0.609. The molecule has 0 spiro atoms. The summed E-state index contributed by atoms with van der Waals surface area (Å²) in [5, 5.41) is 1.63. The van der Waals surface area contributed by atoms with Gasteiger partial charge in [0, 0.05) is 17.8 Å². The molecule has 0 fully saturated rings. The minimum atomic E-state index is -3.72. The molecule has 1 aromatic heterocycles. The second-order valence-corrected chi connectivity index (χ2v) is 7.44. The van der Waals surface area contributed by atoms with E-state index in [2.05, 4.69) is 14.7 Å². The summed E-state index contributed by atoms with van der Waals surface area (Å²) < 4.78 is 28.5. The topological polar surface area (TPSA) is 72.0 Å². The zero-order valence-electron chi connectivity index (χ0n) is 13.5. The minimum Gasteiger partial charge on any atom is -0.280 e. The number of anilines is 1. The van der Waals surface area contributed by atoms with Crippen LogP contribution in [0.4, 0.5) is 5.69 Å². The molecule has 0 bridgehead atoms. The average molecular weight is 349 g/mol. The van der Waals surface area contributed by atoms with Gasteiger partial charge < -0.3 is 0 Å². The van der Waals surface area contributed by atoms with Crippen molar-refractivity contribution in [2.45, 2.75) is 11.8 Å². The first-order valence-corrected chi connectivity index (χ1v) is 9.25. The van der Waals surface area contributed by atoms with Gasteiger partial charge in [-0.05, 0) is 42.1 Å². The monoisotopic (exact) mass is 349 g/mol. The molecule has 124 valence electrons. The molecule has 1 N–H and O–H groups in total. The van der Waals surface area contributed by atoms with E-state index in [-0.39, 0.29) is 4.90 Å². The fourth-order valence-corrected chi connectivity index (χ4v) is 4.16. The van der Waals surface area contributed by atoms with Crippen molar-refractivity contribution >= 4 is 37.5 Å². The zero-order chi connectivity index (χ0) is 17.4. The van der Waals surface area contributed by atoms with Gasteiger partial charge in [-0.15, -0.1) is 0 Å². The maximum absolute atomic E-state index is 12.9. The molecule has 0 radical (unpaired) electrons. The highest BCUT2D eigenvalue weighted by Crippen LogP contribution is 2.27. The molecule has 0 aliphatic carbocycles. The van der Waals surface area contributed by atoms with Crippen LogP contribution in [0.1, 0.15) is 5.56 Å². The first-order valence-electron chi connectivity index (χ1n) is 7.76. The Morgan fingerprint density at radius 3 is 2.36 bits per heavy atom. The summed E-state index contributed by atoms with van der Waals surface area (Å²) >= 11 is 0. The standard InChI is InChI=1S/C19H15N3O2S/c1-13-6-9-19(16-5-3-2-4-15(13)16)25(23,24)22-14-7-8-17-18(12-14)21-11-10-20-17/h2-12,22H,1H3. The second kappa shape index (κ2) is 5.82. The number of aryl methyl sites for hydroxylation is 1. The average Bonchev–Trinajstić information content (AvgIpc) is 2.61. The summed E-state index contributed by atoms with van der Waals surface area (Å²) in [6.45, 7) is 1.97. The van der Waals surface area contributed by atoms with Crippen LogP contribution in [0.5, 0.6) is 0 Å². The number of fused-ring (bicyclic) bond motifs is 2. The molecular formula is C19H15N3O2S. The third-order valence-electron chi connectivity index (χ3n) is 4.11. The van der Waals surface area contributed by atoms with Crippen LogP contribution in [-0.2, 0) is 10.0 Å². The van der Waals surface area contributed by atoms with Gasteiger partial charge in [0.15, 0.2) is 0 Å². The van der Waals surface area contributed by atoms with Crippen LogP contribution >= 0.6 is 0 Å². The summed E-state index contributed by atoms with van der Waals surface area (Å²) in [6, 6.07) is 16.1. The van der Waals surface area contributed by atoms with Crippen LogP contribution in [0.2, 0.25) is 0 Å². The minimum absolute atomic E-state index is 0.257. The summed E-state index contributed by atoms with van der Waals surface area (Å²) in [4.78, 5) is 8.65. The summed E-state index contributed by atoms with van der Waals surface area (Å²) in [7, 11) is -3.72. The predicted molar refractivity (Wildman–Crippen MR) is 99.0 cm³/mol. The van der Waals surface area contributed by atoms with Crippen molar-refractivity contribution in [1.82, 2.24) is 9.97 Å². The molecule has 5 nitrogen and oxygen atoms in total. The van der Waals surface area contributed by atoms with Crippen LogP contribution in [0.25, 0.3) is 21.8 Å². The van der Waals surface area contributed by atoms with Gasteiger partial charge in [-0.1, -0.05) is 30.3 Å². The lowest BCUT2D eigenvalue weighted by Crippen LogP contribution is -2.13. The zero-order valence-corrected chi connectivity index (χ0v) is 14.3. The Balaban J connectivity index is 1.80. The highest BCUT2D eigenvalue weighted by Gasteiger charge is 2.18. The van der Waals surface area contributed by atoms with E-state index in [0.29, 0.717) is 22.1 Å². The van der Waals surface area contributed by atoms with Crippen molar-refractivity contribution < 1.29 is 8.42 Å². The molecule has 0 saturated carbocycles. The third-order valence-corrected chi connectivity index (χ3v) is 5.55. The van der Waals surface area contributed by atoms with Crippen LogP contribution in [-0.4, -0.2) is 18.4 Å². The lowest BCUT2D eigenvalue weighted by atomic mass is 10.1. The van der Waals surface area contributed by atoms with Gasteiger partial charge >= 0.3 is 0 Å². The smallest absolute Gasteiger partial charge is 0.262 e. The van der Waals surface area contributed by atoms with Crippen molar-refractivity contribution in [3.05, 3.63) is 72.6 Å². The van der Waals surface area contributed by atoms with E-state index in [9.17, 15) is 8.42 Å². The number of nitrogens with zero attached hydrogens (tertiary/aromatic N) is 2. The van der Waals surface area contributed by atoms with Crippen LogP contribution < -0.4 is 4.72 Å². The molecule has 4 aromatic rings. The van der Waals surface area contributed by atoms with Crippen molar-refractivity contribution in [3.8, 4) is 0 Å². The molecule has 1 heterocycles. The van der Waals surface area contributed by atoms with E-state index in [1.165, 1.54) is 0 Å². The number of nitrogens with one attached hydrogen (secondary N) is 1. The van der Waals surface area contributed by atoms with Gasteiger partial charge in [0.1, 0.15) is 0 Å². The van der Waals surface area contributed by atoms with Crippen molar-refractivity contribution in [3.63, 3.8) is 0 Å². The maximum atomic E-state index is 12.9. The van der Waals surface area contributed by atoms with Gasteiger partial charge in [-0.25, -0.2) is 8.42 Å². The summed E-state index contributed by atoms with van der Waals surface area (Å²) in [5.74, 6) is 0. The van der Waals surface area contributed by atoms with E-state index < -0.39 is 10.0 Å². The molecule has 0 amide bonds. The van der Waals surface area contributed by atoms with E-state index in [0.717, 1.165) is 10.9 Å². The summed E-state index contributed by atoms with van der Waals surface area (Å²) in [6.07, 6.45) is 3.18. The number of aromatic nitrogens is 2. The molecule has 6 heteroatoms. The largest absolute Gasteiger partial charge is 0.280 e. The Bertz CT molecular complexity index is 1200. The Labute approximate surface area is 145 Å². The Kier molecular flexibility index (Phi) is 3.62. The molecule has 0 unspecified atom stereocenters. The van der Waals surface area contributed by atoms with Gasteiger partial charge in [-0.3, -0.25) is 14.7 Å². The normalized spacial score (nSPS) is 11.7. The number of benzene rings is 3. The SMILES string of the molecule is Cc1ccc(S(=O)(=O)Nc2ccc3nccnc3c2)c2ccccc12. The fourth-order valence-electron chi connectivity index (χ4n) is 2.89. The molecule has 3 aromatic carbocycles. The van der Waals surface area contributed by atoms with Crippen LogP contribution in [0.3, 0.4) is 0 Å². The predicted octanol–water partition coefficient (Wildman–Crippen LogP) is 3.89. The lowest BCUT2D eigenvalue weighted by Gasteiger charge is -2.12. The summed E-state index contributed by atoms with van der Waals surface area (Å²) in [5.41, 5.74) is 2.84. The highest BCUT2D eigenvalue weighted by atomic mass is 32.2. The van der Waals surface area contributed by atoms with Gasteiger partial charge in [0.2, 0.25) is 0 Å². The van der Waals surface area contributed by atoms with E-state index in [1.54, 1.807) is 36.7 Å². The third kappa shape index (κ3) is 2.81. The molecule has 0 aliphatic rings. The molecule has 0 atom stereocenters. The van der Waals surface area contributed by atoms with Crippen LogP contribution in [0.15, 0.2) is 71.9 Å². The Hall–Kier alpha value is -2.99. The number of rotatable bonds is 3. The first kappa shape index (κ1) is 15.5. The maximum Gasteiger partial charge on any atom is 0.262 e. The van der Waals surface area contributed by atoms with Crippen LogP contribution in [0, 0.1) is 6.92 Å². The molecule has 0 saturated heterocycles. The number of sulfonamides is 1. The van der Waals surface area contributed by atoms with Crippen molar-refractivity contribution in [2.75, 3.05) is 4.72 Å². The Morgan fingerprint density at radius 1 is 0.840 bits per heavy atom. The molecular weight excluding hydrogens is 334 g/mol. The van der Waals surface area contributed by atoms with E-state index >= 15 is 0 Å². The molecule has 25 heavy (non-hydrogen) atoms. The lowest BCUT2D eigenvalue weighted by molar-refractivity contribution is 0.602. The van der Waals surface area contributed by atoms with Crippen molar-refractivity contribution in [2.24, 2.45) is 0 Å². The number of hydrogen-bond acceptors (Lipinski definition) is 4. The fraction of sp³-hybridized carbons (Fsp3) is 0.0526. The highest BCUT2D eigenvalue weighted by molar-refractivity contribution is 7.93. The van der Waals surface area contributed by atoms with Gasteiger partial charge in [-0.2, -0.15) is 0 Å². The van der Waals surface area contributed by atoms with E-state index in [4.69, 9.17) is 0 Å². The van der Waals surface area contributed by atoms with Crippen molar-refractivity contribution in [1.29, 1.82) is 0 Å². The Morgan fingerprint density at radius 2 is 1.56 bits per heavy atom. The second-order valence-electron chi connectivity index (χ2n) is 5.79. The number of hydrogen-bond donors (Lipinski definition) is 1. The van der Waals surface area contributed by atoms with E-state index in [1.807, 2.05) is 37.3 Å². The van der Waals surface area contributed by atoms with Gasteiger partial charge in [0.05, 0.1) is 21.6 Å². The molecule has 0 aliphatic heterocycles. The van der Waals surface area contributed by atoms with Gasteiger partial charge in [0.25, 0.3) is 10.0 Å². The first-order chi connectivity index (χ1) is 12.0.